The van der Waals surface area contributed by atoms with Crippen LogP contribution in [0.15, 0.2) is 18.2 Å². The summed E-state index contributed by atoms with van der Waals surface area (Å²) in [6.07, 6.45) is 3.56. The molecule has 0 radical (unpaired) electrons. The van der Waals surface area contributed by atoms with Gasteiger partial charge in [0.1, 0.15) is 0 Å². The maximum Gasteiger partial charge on any atom is 0.254 e. The van der Waals surface area contributed by atoms with E-state index in [1.54, 1.807) is 0 Å². The van der Waals surface area contributed by atoms with Gasteiger partial charge in [0.05, 0.1) is 19.3 Å². The Hall–Kier alpha value is -1.59. The van der Waals surface area contributed by atoms with Gasteiger partial charge in [0, 0.05) is 43.5 Å². The summed E-state index contributed by atoms with van der Waals surface area (Å²) in [4.78, 5) is 16.7. The highest BCUT2D eigenvalue weighted by atomic mass is 16.5. The lowest BCUT2D eigenvalue weighted by Gasteiger charge is -2.28. The van der Waals surface area contributed by atoms with Gasteiger partial charge in [-0.15, -0.1) is 0 Å². The van der Waals surface area contributed by atoms with Crippen molar-refractivity contribution in [2.75, 3.05) is 44.8 Å². The van der Waals surface area contributed by atoms with Gasteiger partial charge < -0.3 is 19.6 Å². The van der Waals surface area contributed by atoms with Gasteiger partial charge >= 0.3 is 0 Å². The Labute approximate surface area is 137 Å². The molecule has 1 fully saturated rings. The number of amides is 1. The van der Waals surface area contributed by atoms with Gasteiger partial charge in [0.25, 0.3) is 5.91 Å². The van der Waals surface area contributed by atoms with Gasteiger partial charge in [0.2, 0.25) is 0 Å². The highest BCUT2D eigenvalue weighted by Crippen LogP contribution is 2.32. The number of fused-ring (bicyclic) bond motifs is 1. The molecule has 3 rings (SSSR count). The maximum absolute atomic E-state index is 12.7. The average Bonchev–Trinajstić information content (AvgIpc) is 2.66. The standard InChI is InChI=1S/C18H26N2O3/c1-19-8-4-2-3-5-17(21)15-13-14(6-7-16(15)19)18(22)20-9-11-23-12-10-20/h6-7,13,17,21H,2-5,8-12H2,1H3. The molecule has 23 heavy (non-hydrogen) atoms. The van der Waals surface area contributed by atoms with Crippen molar-refractivity contribution in [2.45, 2.75) is 31.8 Å². The molecular weight excluding hydrogens is 292 g/mol. The molecule has 2 aliphatic rings. The number of morpholine rings is 1. The number of ether oxygens (including phenoxy) is 1. The maximum atomic E-state index is 12.7. The number of aliphatic hydroxyl groups excluding tert-OH is 1. The highest BCUT2D eigenvalue weighted by Gasteiger charge is 2.22. The molecule has 1 aromatic carbocycles. The molecule has 0 bridgehead atoms. The van der Waals surface area contributed by atoms with Crippen molar-refractivity contribution in [3.63, 3.8) is 0 Å². The minimum absolute atomic E-state index is 0.0332. The Balaban J connectivity index is 1.89. The van der Waals surface area contributed by atoms with Crippen LogP contribution in [0, 0.1) is 0 Å². The van der Waals surface area contributed by atoms with Crippen molar-refractivity contribution >= 4 is 11.6 Å². The van der Waals surface area contributed by atoms with Crippen molar-refractivity contribution in [1.29, 1.82) is 0 Å². The van der Waals surface area contributed by atoms with E-state index in [9.17, 15) is 9.90 Å². The average molecular weight is 318 g/mol. The Kier molecular flexibility index (Phi) is 5.18. The van der Waals surface area contributed by atoms with Crippen molar-refractivity contribution < 1.29 is 14.6 Å². The zero-order chi connectivity index (χ0) is 16.2. The van der Waals surface area contributed by atoms with E-state index in [1.807, 2.05) is 23.1 Å². The molecule has 2 aliphatic heterocycles. The first kappa shape index (κ1) is 16.3. The van der Waals surface area contributed by atoms with E-state index in [0.29, 0.717) is 31.9 Å². The fraction of sp³-hybridized carbons (Fsp3) is 0.611. The summed E-state index contributed by atoms with van der Waals surface area (Å²) in [6.45, 7) is 3.46. The first-order valence-corrected chi connectivity index (χ1v) is 8.57. The number of benzene rings is 1. The zero-order valence-corrected chi connectivity index (χ0v) is 13.8. The number of rotatable bonds is 1. The van der Waals surface area contributed by atoms with Gasteiger partial charge in [-0.2, -0.15) is 0 Å². The van der Waals surface area contributed by atoms with Gasteiger partial charge in [-0.05, 0) is 31.0 Å². The number of carbonyl (C=O) groups is 1. The third-order valence-corrected chi connectivity index (χ3v) is 4.81. The van der Waals surface area contributed by atoms with Crippen LogP contribution < -0.4 is 4.90 Å². The quantitative estimate of drug-likeness (QED) is 0.862. The van der Waals surface area contributed by atoms with Gasteiger partial charge in [-0.3, -0.25) is 4.79 Å². The van der Waals surface area contributed by atoms with Crippen LogP contribution >= 0.6 is 0 Å². The molecule has 126 valence electrons. The van der Waals surface area contributed by atoms with E-state index >= 15 is 0 Å². The number of anilines is 1. The second kappa shape index (κ2) is 7.32. The molecule has 0 aliphatic carbocycles. The van der Waals surface area contributed by atoms with E-state index in [4.69, 9.17) is 4.74 Å². The third kappa shape index (κ3) is 3.67. The predicted octanol–water partition coefficient (Wildman–Crippen LogP) is 2.20. The molecule has 5 nitrogen and oxygen atoms in total. The minimum Gasteiger partial charge on any atom is -0.388 e. The molecule has 1 atom stereocenters. The van der Waals surface area contributed by atoms with Crippen LogP contribution in [0.4, 0.5) is 5.69 Å². The zero-order valence-electron chi connectivity index (χ0n) is 13.8. The summed E-state index contributed by atoms with van der Waals surface area (Å²) in [6, 6.07) is 5.76. The van der Waals surface area contributed by atoms with E-state index < -0.39 is 6.10 Å². The van der Waals surface area contributed by atoms with Gasteiger partial charge in [-0.1, -0.05) is 12.8 Å². The molecule has 1 N–H and O–H groups in total. The SMILES string of the molecule is CN1CCCCCC(O)c2cc(C(=O)N3CCOCC3)ccc21. The number of aliphatic hydroxyl groups is 1. The fourth-order valence-electron chi connectivity index (χ4n) is 3.39. The number of carbonyl (C=O) groups excluding carboxylic acids is 1. The summed E-state index contributed by atoms with van der Waals surface area (Å²) in [5.41, 5.74) is 2.59. The van der Waals surface area contributed by atoms with Crippen LogP contribution in [-0.4, -0.2) is 55.8 Å². The smallest absolute Gasteiger partial charge is 0.254 e. The van der Waals surface area contributed by atoms with Gasteiger partial charge in [-0.25, -0.2) is 0 Å². The molecule has 5 heteroatoms. The molecule has 1 saturated heterocycles. The van der Waals surface area contributed by atoms with Crippen molar-refractivity contribution in [3.05, 3.63) is 29.3 Å². The summed E-state index contributed by atoms with van der Waals surface area (Å²) in [5.74, 6) is 0.0332. The predicted molar refractivity (Wildman–Crippen MR) is 89.9 cm³/mol. The number of hydrogen-bond donors (Lipinski definition) is 1. The van der Waals surface area contributed by atoms with Crippen molar-refractivity contribution in [1.82, 2.24) is 4.90 Å². The van der Waals surface area contributed by atoms with Crippen LogP contribution in [0.5, 0.6) is 0 Å². The lowest BCUT2D eigenvalue weighted by Crippen LogP contribution is -2.40. The lowest BCUT2D eigenvalue weighted by atomic mass is 9.99. The molecule has 1 aromatic rings. The molecule has 0 saturated carbocycles. The normalized spacial score (nSPS) is 22.8. The summed E-state index contributed by atoms with van der Waals surface area (Å²) >= 11 is 0. The van der Waals surface area contributed by atoms with Crippen LogP contribution in [0.2, 0.25) is 0 Å². The monoisotopic (exact) mass is 318 g/mol. The summed E-state index contributed by atoms with van der Waals surface area (Å²) in [7, 11) is 2.06. The van der Waals surface area contributed by atoms with E-state index in [-0.39, 0.29) is 5.91 Å². The topological polar surface area (TPSA) is 53.0 Å². The Morgan fingerprint density at radius 2 is 1.96 bits per heavy atom. The van der Waals surface area contributed by atoms with Crippen LogP contribution in [0.25, 0.3) is 0 Å². The highest BCUT2D eigenvalue weighted by molar-refractivity contribution is 5.95. The van der Waals surface area contributed by atoms with E-state index in [0.717, 1.165) is 43.5 Å². The second-order valence-corrected chi connectivity index (χ2v) is 6.46. The summed E-state index contributed by atoms with van der Waals surface area (Å²) in [5, 5.41) is 10.6. The Morgan fingerprint density at radius 1 is 1.17 bits per heavy atom. The Bertz CT molecular complexity index is 555. The Morgan fingerprint density at radius 3 is 2.74 bits per heavy atom. The van der Waals surface area contributed by atoms with Crippen molar-refractivity contribution in [3.8, 4) is 0 Å². The fourth-order valence-corrected chi connectivity index (χ4v) is 3.39. The number of hydrogen-bond acceptors (Lipinski definition) is 4. The van der Waals surface area contributed by atoms with Crippen LogP contribution in [0.1, 0.15) is 47.7 Å². The summed E-state index contributed by atoms with van der Waals surface area (Å²) < 4.78 is 5.31. The van der Waals surface area contributed by atoms with E-state index in [1.165, 1.54) is 0 Å². The number of nitrogens with zero attached hydrogens (tertiary/aromatic N) is 2. The van der Waals surface area contributed by atoms with E-state index in [2.05, 4.69) is 11.9 Å². The molecule has 1 amide bonds. The van der Waals surface area contributed by atoms with Crippen molar-refractivity contribution in [2.24, 2.45) is 0 Å². The molecule has 0 aromatic heterocycles. The second-order valence-electron chi connectivity index (χ2n) is 6.46. The van der Waals surface area contributed by atoms with Crippen LogP contribution in [-0.2, 0) is 4.74 Å². The molecule has 1 unspecified atom stereocenters. The van der Waals surface area contributed by atoms with Gasteiger partial charge in [0.15, 0.2) is 0 Å². The largest absolute Gasteiger partial charge is 0.388 e. The first-order valence-electron chi connectivity index (χ1n) is 8.57. The molecule has 0 spiro atoms. The first-order chi connectivity index (χ1) is 11.2. The minimum atomic E-state index is -0.497. The lowest BCUT2D eigenvalue weighted by molar-refractivity contribution is 0.0302. The van der Waals surface area contributed by atoms with Crippen LogP contribution in [0.3, 0.4) is 0 Å². The molecule has 2 heterocycles. The third-order valence-electron chi connectivity index (χ3n) is 4.81. The molecular formula is C18H26N2O3.